The number of benzene rings is 2. The number of carbonyl (C=O) groups excluding carboxylic acids is 1. The smallest absolute Gasteiger partial charge is 0.237 e. The van der Waals surface area contributed by atoms with E-state index < -0.39 is 0 Å². The molecule has 0 bridgehead atoms. The minimum atomic E-state index is -0.387. The third-order valence-electron chi connectivity index (χ3n) is 4.58. The maximum Gasteiger partial charge on any atom is 0.237 e. The fraction of sp³-hybridized carbons (Fsp3) is 0.316. The van der Waals surface area contributed by atoms with Crippen LogP contribution in [0.5, 0.6) is 11.5 Å². The van der Waals surface area contributed by atoms with Crippen molar-refractivity contribution in [3.8, 4) is 11.5 Å². The van der Waals surface area contributed by atoms with Crippen molar-refractivity contribution < 1.29 is 14.3 Å². The van der Waals surface area contributed by atoms with E-state index in [9.17, 15) is 4.79 Å². The van der Waals surface area contributed by atoms with E-state index in [0.29, 0.717) is 28.0 Å². The summed E-state index contributed by atoms with van der Waals surface area (Å²) in [5.74, 6) is 1.17. The van der Waals surface area contributed by atoms with Crippen molar-refractivity contribution >= 4 is 29.1 Å². The van der Waals surface area contributed by atoms with E-state index in [1.165, 1.54) is 0 Å². The van der Waals surface area contributed by atoms with Crippen LogP contribution in [0, 0.1) is 0 Å². The van der Waals surface area contributed by atoms with E-state index in [1.807, 2.05) is 18.2 Å². The molecule has 0 radical (unpaired) electrons. The molecule has 0 saturated heterocycles. The minimum absolute atomic E-state index is 0.0829. The molecule has 0 saturated carbocycles. The van der Waals surface area contributed by atoms with E-state index in [4.69, 9.17) is 32.7 Å². The van der Waals surface area contributed by atoms with Crippen LogP contribution in [0.4, 0.5) is 0 Å². The Kier molecular flexibility index (Phi) is 5.61. The lowest BCUT2D eigenvalue weighted by molar-refractivity contribution is -0.122. The van der Waals surface area contributed by atoms with Crippen LogP contribution in [0.3, 0.4) is 0 Å². The molecule has 1 heterocycles. The highest BCUT2D eigenvalue weighted by Gasteiger charge is 2.33. The van der Waals surface area contributed by atoms with Crippen molar-refractivity contribution in [3.63, 3.8) is 0 Å². The maximum atomic E-state index is 12.3. The van der Waals surface area contributed by atoms with E-state index in [2.05, 4.69) is 10.6 Å². The molecule has 2 N–H and O–H groups in total. The van der Waals surface area contributed by atoms with Gasteiger partial charge in [-0.25, -0.2) is 0 Å². The van der Waals surface area contributed by atoms with Crippen molar-refractivity contribution in [2.24, 2.45) is 0 Å². The van der Waals surface area contributed by atoms with Crippen LogP contribution in [0.15, 0.2) is 30.3 Å². The van der Waals surface area contributed by atoms with Crippen molar-refractivity contribution in [3.05, 3.63) is 57.1 Å². The number of halogens is 2. The van der Waals surface area contributed by atoms with E-state index in [0.717, 1.165) is 16.7 Å². The molecule has 1 amide bonds. The summed E-state index contributed by atoms with van der Waals surface area (Å²) in [6.45, 7) is 0. The van der Waals surface area contributed by atoms with Gasteiger partial charge in [0.2, 0.25) is 5.91 Å². The average Bonchev–Trinajstić information content (AvgIpc) is 2.65. The Labute approximate surface area is 162 Å². The molecular weight excluding hydrogens is 375 g/mol. The van der Waals surface area contributed by atoms with Crippen LogP contribution >= 0.6 is 23.2 Å². The number of likely N-dealkylation sites (N-methyl/N-ethyl adjacent to an activating group) is 1. The standard InChI is InChI=1S/C19H20Cl2N2O3/c1-22-19(24)15-6-10-7-16(25-2)17(26-3)9-13(10)18(23-15)12-5-4-11(20)8-14(12)21/h4-5,7-9,15,18,23H,6H2,1-3H3,(H,22,24)/t15-,18-/m0/s1. The summed E-state index contributed by atoms with van der Waals surface area (Å²) >= 11 is 12.5. The van der Waals surface area contributed by atoms with E-state index in [1.54, 1.807) is 33.4 Å². The monoisotopic (exact) mass is 394 g/mol. The number of methoxy groups -OCH3 is 2. The minimum Gasteiger partial charge on any atom is -0.493 e. The van der Waals surface area contributed by atoms with Crippen LogP contribution < -0.4 is 20.1 Å². The summed E-state index contributed by atoms with van der Waals surface area (Å²) in [6, 6.07) is 8.54. The molecule has 2 atom stereocenters. The summed E-state index contributed by atoms with van der Waals surface area (Å²) in [4.78, 5) is 12.3. The first kappa shape index (κ1) is 18.8. The van der Waals surface area contributed by atoms with Gasteiger partial charge in [0.1, 0.15) is 0 Å². The van der Waals surface area contributed by atoms with Gasteiger partial charge in [-0.3, -0.25) is 10.1 Å². The summed E-state index contributed by atoms with van der Waals surface area (Å²) in [5, 5.41) is 7.19. The third kappa shape index (κ3) is 3.47. The van der Waals surface area contributed by atoms with Gasteiger partial charge in [-0.2, -0.15) is 0 Å². The highest BCUT2D eigenvalue weighted by Crippen LogP contribution is 2.40. The molecule has 26 heavy (non-hydrogen) atoms. The first-order valence-corrected chi connectivity index (χ1v) is 8.91. The summed E-state index contributed by atoms with van der Waals surface area (Å²) in [6.07, 6.45) is 0.539. The number of nitrogens with one attached hydrogen (secondary N) is 2. The molecule has 2 aromatic rings. The van der Waals surface area contributed by atoms with Crippen molar-refractivity contribution in [1.82, 2.24) is 10.6 Å². The molecule has 138 valence electrons. The zero-order valence-corrected chi connectivity index (χ0v) is 16.2. The molecule has 1 aliphatic rings. The quantitative estimate of drug-likeness (QED) is 0.834. The van der Waals surface area contributed by atoms with Crippen LogP contribution in [0.25, 0.3) is 0 Å². The number of rotatable bonds is 4. The Bertz CT molecular complexity index is 842. The Morgan fingerprint density at radius 1 is 1.12 bits per heavy atom. The Morgan fingerprint density at radius 3 is 2.42 bits per heavy atom. The molecule has 5 nitrogen and oxygen atoms in total. The largest absolute Gasteiger partial charge is 0.493 e. The van der Waals surface area contributed by atoms with E-state index >= 15 is 0 Å². The SMILES string of the molecule is CNC(=O)[C@@H]1Cc2cc(OC)c(OC)cc2[C@H](c2ccc(Cl)cc2Cl)N1. The number of hydrogen-bond donors (Lipinski definition) is 2. The molecule has 0 spiro atoms. The molecule has 3 rings (SSSR count). The molecule has 0 aliphatic carbocycles. The maximum absolute atomic E-state index is 12.3. The van der Waals surface area contributed by atoms with Gasteiger partial charge < -0.3 is 14.8 Å². The summed E-state index contributed by atoms with van der Waals surface area (Å²) < 4.78 is 10.9. The molecule has 0 fully saturated rings. The van der Waals surface area contributed by atoms with Crippen molar-refractivity contribution in [1.29, 1.82) is 0 Å². The van der Waals surface area contributed by atoms with Crippen molar-refractivity contribution in [2.45, 2.75) is 18.5 Å². The first-order valence-electron chi connectivity index (χ1n) is 8.15. The second-order valence-corrected chi connectivity index (χ2v) is 6.89. The van der Waals surface area contributed by atoms with Crippen LogP contribution in [0.2, 0.25) is 10.0 Å². The second kappa shape index (κ2) is 7.74. The lowest BCUT2D eigenvalue weighted by Gasteiger charge is -2.33. The third-order valence-corrected chi connectivity index (χ3v) is 5.15. The van der Waals surface area contributed by atoms with Gasteiger partial charge in [-0.15, -0.1) is 0 Å². The lowest BCUT2D eigenvalue weighted by Crippen LogP contribution is -2.49. The number of ether oxygens (including phenoxy) is 2. The lowest BCUT2D eigenvalue weighted by atomic mass is 9.86. The van der Waals surface area contributed by atoms with Gasteiger partial charge in [0.05, 0.1) is 26.3 Å². The van der Waals surface area contributed by atoms with Crippen molar-refractivity contribution in [2.75, 3.05) is 21.3 Å². The van der Waals surface area contributed by atoms with Gasteiger partial charge in [0.25, 0.3) is 0 Å². The van der Waals surface area contributed by atoms with Gasteiger partial charge in [0, 0.05) is 17.1 Å². The predicted octanol–water partition coefficient (Wildman–Crippen LogP) is 3.36. The summed E-state index contributed by atoms with van der Waals surface area (Å²) in [5.41, 5.74) is 2.84. The molecule has 7 heteroatoms. The summed E-state index contributed by atoms with van der Waals surface area (Å²) in [7, 11) is 4.81. The number of hydrogen-bond acceptors (Lipinski definition) is 4. The van der Waals surface area contributed by atoms with Crippen LogP contribution in [-0.2, 0) is 11.2 Å². The average molecular weight is 395 g/mol. The molecule has 0 aromatic heterocycles. The topological polar surface area (TPSA) is 59.6 Å². The molecule has 1 aliphatic heterocycles. The number of carbonyl (C=O) groups is 1. The second-order valence-electron chi connectivity index (χ2n) is 6.04. The highest BCUT2D eigenvalue weighted by molar-refractivity contribution is 6.35. The molecule has 0 unspecified atom stereocenters. The number of amides is 1. The fourth-order valence-electron chi connectivity index (χ4n) is 3.29. The zero-order valence-electron chi connectivity index (χ0n) is 14.7. The Balaban J connectivity index is 2.15. The molecular formula is C19H20Cl2N2O3. The highest BCUT2D eigenvalue weighted by atomic mass is 35.5. The Morgan fingerprint density at radius 2 is 1.81 bits per heavy atom. The van der Waals surface area contributed by atoms with Gasteiger partial charge in [0.15, 0.2) is 11.5 Å². The van der Waals surface area contributed by atoms with Crippen LogP contribution in [-0.4, -0.2) is 33.2 Å². The zero-order chi connectivity index (χ0) is 18.8. The van der Waals surface area contributed by atoms with Gasteiger partial charge in [-0.1, -0.05) is 29.3 Å². The molecule has 2 aromatic carbocycles. The number of fused-ring (bicyclic) bond motifs is 1. The fourth-order valence-corrected chi connectivity index (χ4v) is 3.81. The first-order chi connectivity index (χ1) is 12.5. The van der Waals surface area contributed by atoms with Crippen LogP contribution in [0.1, 0.15) is 22.7 Å². The predicted molar refractivity (Wildman–Crippen MR) is 103 cm³/mol. The van der Waals surface area contributed by atoms with Gasteiger partial charge >= 0.3 is 0 Å². The van der Waals surface area contributed by atoms with E-state index in [-0.39, 0.29) is 18.0 Å². The van der Waals surface area contributed by atoms with Gasteiger partial charge in [-0.05, 0) is 47.4 Å². The Hall–Kier alpha value is -1.95. The normalized spacial score (nSPS) is 18.8.